The number of rotatable bonds is 6. The molecule has 0 aromatic rings. The molecule has 0 saturated carbocycles. The normalized spacial score (nSPS) is 13.9. The van der Waals surface area contributed by atoms with Crippen molar-refractivity contribution in [1.82, 2.24) is 0 Å². The molecule has 0 spiro atoms. The van der Waals surface area contributed by atoms with Crippen LogP contribution in [0.15, 0.2) is 0 Å². The van der Waals surface area contributed by atoms with Crippen LogP contribution >= 0.6 is 7.60 Å². The SMILES string of the molecule is CC#CCCC(=O)CP(=O)(O)OCC. The maximum atomic E-state index is 11.1. The van der Waals surface area contributed by atoms with E-state index in [0.29, 0.717) is 6.42 Å². The second kappa shape index (κ2) is 6.78. The van der Waals surface area contributed by atoms with Crippen LogP contribution < -0.4 is 0 Å². The summed E-state index contributed by atoms with van der Waals surface area (Å²) >= 11 is 0. The van der Waals surface area contributed by atoms with Gasteiger partial charge in [0.2, 0.25) is 0 Å². The molecule has 5 heteroatoms. The Kier molecular flexibility index (Phi) is 6.48. The first-order chi connectivity index (χ1) is 6.52. The van der Waals surface area contributed by atoms with Crippen molar-refractivity contribution in [2.24, 2.45) is 0 Å². The monoisotopic (exact) mass is 218 g/mol. The van der Waals surface area contributed by atoms with Gasteiger partial charge in [-0.3, -0.25) is 9.36 Å². The highest BCUT2D eigenvalue weighted by Crippen LogP contribution is 2.41. The van der Waals surface area contributed by atoms with Crippen LogP contribution in [0.3, 0.4) is 0 Å². The summed E-state index contributed by atoms with van der Waals surface area (Å²) in [7, 11) is -3.70. The average molecular weight is 218 g/mol. The molecule has 0 amide bonds. The van der Waals surface area contributed by atoms with Crippen molar-refractivity contribution in [2.75, 3.05) is 12.8 Å². The van der Waals surface area contributed by atoms with Crippen LogP contribution in [0.5, 0.6) is 0 Å². The van der Waals surface area contributed by atoms with Gasteiger partial charge in [-0.1, -0.05) is 0 Å². The molecule has 0 heterocycles. The minimum absolute atomic E-state index is 0.135. The molecule has 0 bridgehead atoms. The zero-order chi connectivity index (χ0) is 11.0. The first-order valence-corrected chi connectivity index (χ1v) is 6.15. The van der Waals surface area contributed by atoms with E-state index >= 15 is 0 Å². The first-order valence-electron chi connectivity index (χ1n) is 4.39. The zero-order valence-corrected chi connectivity index (χ0v) is 9.34. The quantitative estimate of drug-likeness (QED) is 0.543. The van der Waals surface area contributed by atoms with Crippen molar-refractivity contribution in [1.29, 1.82) is 0 Å². The van der Waals surface area contributed by atoms with Gasteiger partial charge in [-0.2, -0.15) is 0 Å². The molecule has 0 aliphatic carbocycles. The lowest BCUT2D eigenvalue weighted by atomic mass is 10.2. The molecule has 0 aliphatic heterocycles. The Balaban J connectivity index is 3.91. The Morgan fingerprint density at radius 3 is 2.71 bits per heavy atom. The van der Waals surface area contributed by atoms with Crippen LogP contribution in [0.25, 0.3) is 0 Å². The molecule has 1 atom stereocenters. The maximum Gasteiger partial charge on any atom is 0.335 e. The summed E-state index contributed by atoms with van der Waals surface area (Å²) < 4.78 is 15.7. The smallest absolute Gasteiger partial charge is 0.324 e. The van der Waals surface area contributed by atoms with Gasteiger partial charge in [-0.15, -0.1) is 11.8 Å². The van der Waals surface area contributed by atoms with E-state index in [1.807, 2.05) is 0 Å². The van der Waals surface area contributed by atoms with E-state index in [4.69, 9.17) is 4.89 Å². The second-order valence-corrected chi connectivity index (χ2v) is 4.53. The summed E-state index contributed by atoms with van der Waals surface area (Å²) in [6.45, 7) is 3.42. The number of Topliss-reactive ketones (excluding diaryl/α,β-unsaturated/α-hetero) is 1. The minimum Gasteiger partial charge on any atom is -0.324 e. The first kappa shape index (κ1) is 13.4. The molecule has 0 aromatic heterocycles. The third-order valence-corrected chi connectivity index (χ3v) is 2.83. The van der Waals surface area contributed by atoms with E-state index in [9.17, 15) is 9.36 Å². The fraction of sp³-hybridized carbons (Fsp3) is 0.667. The van der Waals surface area contributed by atoms with Crippen molar-refractivity contribution in [3.8, 4) is 11.8 Å². The van der Waals surface area contributed by atoms with Crippen molar-refractivity contribution >= 4 is 13.4 Å². The summed E-state index contributed by atoms with van der Waals surface area (Å²) in [4.78, 5) is 20.2. The van der Waals surface area contributed by atoms with Gasteiger partial charge in [0, 0.05) is 12.8 Å². The molecule has 80 valence electrons. The topological polar surface area (TPSA) is 63.6 Å². The standard InChI is InChI=1S/C9H15O4P/c1-3-5-6-7-9(10)8-14(11,12)13-4-2/h4,6-8H2,1-2H3,(H,11,12). The Morgan fingerprint density at radius 1 is 1.57 bits per heavy atom. The number of hydrogen-bond donors (Lipinski definition) is 1. The largest absolute Gasteiger partial charge is 0.335 e. The highest BCUT2D eigenvalue weighted by Gasteiger charge is 2.22. The van der Waals surface area contributed by atoms with Gasteiger partial charge in [0.1, 0.15) is 11.9 Å². The van der Waals surface area contributed by atoms with E-state index in [2.05, 4.69) is 16.4 Å². The average Bonchev–Trinajstić information content (AvgIpc) is 2.03. The predicted molar refractivity (Wildman–Crippen MR) is 54.0 cm³/mol. The summed E-state index contributed by atoms with van der Waals surface area (Å²) in [6.07, 6.45) is 0.228. The van der Waals surface area contributed by atoms with Crippen LogP contribution in [0.1, 0.15) is 26.7 Å². The van der Waals surface area contributed by atoms with Gasteiger partial charge in [-0.25, -0.2) is 0 Å². The van der Waals surface area contributed by atoms with Crippen molar-refractivity contribution in [3.05, 3.63) is 0 Å². The molecule has 0 aromatic carbocycles. The van der Waals surface area contributed by atoms with Crippen LogP contribution in [-0.2, 0) is 13.9 Å². The van der Waals surface area contributed by atoms with Gasteiger partial charge in [0.15, 0.2) is 0 Å². The predicted octanol–water partition coefficient (Wildman–Crippen LogP) is 1.58. The Morgan fingerprint density at radius 2 is 2.21 bits per heavy atom. The highest BCUT2D eigenvalue weighted by atomic mass is 31.2. The van der Waals surface area contributed by atoms with E-state index in [-0.39, 0.29) is 18.8 Å². The number of carbonyl (C=O) groups is 1. The van der Waals surface area contributed by atoms with Crippen molar-refractivity contribution in [3.63, 3.8) is 0 Å². The second-order valence-electron chi connectivity index (χ2n) is 2.68. The molecule has 0 rings (SSSR count). The summed E-state index contributed by atoms with van der Waals surface area (Å²) in [5.41, 5.74) is 0. The van der Waals surface area contributed by atoms with Crippen molar-refractivity contribution in [2.45, 2.75) is 26.7 Å². The highest BCUT2D eigenvalue weighted by molar-refractivity contribution is 7.53. The van der Waals surface area contributed by atoms with Gasteiger partial charge in [0.25, 0.3) is 0 Å². The lowest BCUT2D eigenvalue weighted by molar-refractivity contribution is -0.116. The van der Waals surface area contributed by atoms with E-state index < -0.39 is 13.8 Å². The number of ketones is 1. The molecular formula is C9H15O4P. The molecule has 14 heavy (non-hydrogen) atoms. The lowest BCUT2D eigenvalue weighted by Crippen LogP contribution is -2.06. The molecule has 0 radical (unpaired) electrons. The summed E-state index contributed by atoms with van der Waals surface area (Å²) in [5.74, 6) is 5.07. The Labute approximate surface area is 84.2 Å². The van der Waals surface area contributed by atoms with Gasteiger partial charge in [0.05, 0.1) is 6.61 Å². The zero-order valence-electron chi connectivity index (χ0n) is 8.45. The van der Waals surface area contributed by atoms with E-state index in [1.54, 1.807) is 13.8 Å². The summed E-state index contributed by atoms with van der Waals surface area (Å²) in [6, 6.07) is 0. The van der Waals surface area contributed by atoms with Gasteiger partial charge in [-0.05, 0) is 13.8 Å². The fourth-order valence-electron chi connectivity index (χ4n) is 0.876. The number of carbonyl (C=O) groups excluding carboxylic acids is 1. The van der Waals surface area contributed by atoms with Gasteiger partial charge >= 0.3 is 7.60 Å². The lowest BCUT2D eigenvalue weighted by Gasteiger charge is -2.08. The molecule has 0 fully saturated rings. The van der Waals surface area contributed by atoms with Crippen molar-refractivity contribution < 1.29 is 18.8 Å². The van der Waals surface area contributed by atoms with Gasteiger partial charge < -0.3 is 9.42 Å². The third kappa shape index (κ3) is 6.85. The molecule has 1 N–H and O–H groups in total. The minimum atomic E-state index is -3.70. The van der Waals surface area contributed by atoms with E-state index in [0.717, 1.165) is 0 Å². The third-order valence-electron chi connectivity index (χ3n) is 1.41. The van der Waals surface area contributed by atoms with Crippen LogP contribution in [0, 0.1) is 11.8 Å². The molecular weight excluding hydrogens is 203 g/mol. The fourth-order valence-corrected chi connectivity index (χ4v) is 1.97. The molecule has 1 unspecified atom stereocenters. The Hall–Kier alpha value is -0.620. The van der Waals surface area contributed by atoms with Crippen LogP contribution in [0.4, 0.5) is 0 Å². The van der Waals surface area contributed by atoms with E-state index in [1.165, 1.54) is 0 Å². The maximum absolute atomic E-state index is 11.1. The molecule has 0 aliphatic rings. The Bertz CT molecular complexity index is 287. The summed E-state index contributed by atoms with van der Waals surface area (Å²) in [5, 5.41) is 0. The molecule has 0 saturated heterocycles. The van der Waals surface area contributed by atoms with Crippen LogP contribution in [0.2, 0.25) is 0 Å². The number of hydrogen-bond acceptors (Lipinski definition) is 3. The molecule has 4 nitrogen and oxygen atoms in total. The van der Waals surface area contributed by atoms with Crippen LogP contribution in [-0.4, -0.2) is 23.4 Å².